The van der Waals surface area contributed by atoms with E-state index in [4.69, 9.17) is 25.5 Å². The minimum absolute atomic E-state index is 0.206. The van der Waals surface area contributed by atoms with Crippen molar-refractivity contribution in [3.63, 3.8) is 0 Å². The van der Waals surface area contributed by atoms with Gasteiger partial charge in [0.05, 0.1) is 24.2 Å². The Hall–Kier alpha value is -2.25. The first-order valence-electron chi connectivity index (χ1n) is 10.9. The second kappa shape index (κ2) is 7.71. The van der Waals surface area contributed by atoms with Crippen LogP contribution in [0.2, 0.25) is 5.02 Å². The zero-order chi connectivity index (χ0) is 21.8. The Balaban J connectivity index is 1.25. The Labute approximate surface area is 187 Å². The first-order chi connectivity index (χ1) is 14.9. The van der Waals surface area contributed by atoms with Gasteiger partial charge in [-0.2, -0.15) is 4.98 Å². The maximum absolute atomic E-state index is 12.9. The zero-order valence-corrected chi connectivity index (χ0v) is 18.9. The summed E-state index contributed by atoms with van der Waals surface area (Å²) in [5.74, 6) is 2.61. The van der Waals surface area contributed by atoms with Gasteiger partial charge in [0.15, 0.2) is 5.69 Å². The number of carbonyl (C=O) groups excluding carboxylic acids is 1. The second-order valence-corrected chi connectivity index (χ2v) is 9.61. The molecular weight excluding hydrogens is 418 g/mol. The summed E-state index contributed by atoms with van der Waals surface area (Å²) in [6.07, 6.45) is 4.42. The maximum atomic E-state index is 12.9. The smallest absolute Gasteiger partial charge is 0.298 e. The van der Waals surface area contributed by atoms with Crippen LogP contribution in [0, 0.1) is 11.8 Å². The Bertz CT molecular complexity index is 991. The summed E-state index contributed by atoms with van der Waals surface area (Å²) < 4.78 is 17.4. The van der Waals surface area contributed by atoms with E-state index in [9.17, 15) is 4.79 Å². The van der Waals surface area contributed by atoms with Gasteiger partial charge >= 0.3 is 0 Å². The van der Waals surface area contributed by atoms with Crippen molar-refractivity contribution >= 4 is 29.2 Å². The monoisotopic (exact) mass is 445 g/mol. The van der Waals surface area contributed by atoms with E-state index in [1.807, 2.05) is 24.8 Å². The van der Waals surface area contributed by atoms with E-state index in [0.717, 1.165) is 24.7 Å². The van der Waals surface area contributed by atoms with E-state index >= 15 is 0 Å². The van der Waals surface area contributed by atoms with Gasteiger partial charge in [0.25, 0.3) is 11.9 Å². The number of carbonyl (C=O) groups is 1. The molecule has 0 bridgehead atoms. The molecule has 0 spiro atoms. The number of methoxy groups -OCH3 is 1. The van der Waals surface area contributed by atoms with Crippen molar-refractivity contribution in [2.45, 2.75) is 51.2 Å². The van der Waals surface area contributed by atoms with Gasteiger partial charge in [-0.3, -0.25) is 4.79 Å². The van der Waals surface area contributed by atoms with Gasteiger partial charge in [-0.05, 0) is 56.2 Å². The molecule has 1 saturated heterocycles. The molecule has 0 radical (unpaired) electrons. The number of anilines is 2. The van der Waals surface area contributed by atoms with Crippen LogP contribution in [0.4, 0.5) is 11.7 Å². The molecule has 2 aromatic rings. The molecule has 1 amide bonds. The van der Waals surface area contributed by atoms with Crippen LogP contribution >= 0.6 is 11.6 Å². The van der Waals surface area contributed by atoms with E-state index in [1.165, 1.54) is 6.42 Å². The number of fused-ring (bicyclic) bond motifs is 1. The van der Waals surface area contributed by atoms with Gasteiger partial charge in [0.1, 0.15) is 17.1 Å². The van der Waals surface area contributed by atoms with Crippen molar-refractivity contribution in [1.82, 2.24) is 4.98 Å². The number of aromatic nitrogens is 1. The highest BCUT2D eigenvalue weighted by Crippen LogP contribution is 2.52. The van der Waals surface area contributed by atoms with Crippen LogP contribution in [-0.2, 0) is 11.2 Å². The van der Waals surface area contributed by atoms with E-state index in [1.54, 1.807) is 19.2 Å². The van der Waals surface area contributed by atoms with Gasteiger partial charge in [0, 0.05) is 19.2 Å². The average molecular weight is 446 g/mol. The van der Waals surface area contributed by atoms with E-state index in [2.05, 4.69) is 10.3 Å². The largest absolute Gasteiger partial charge is 0.489 e. The number of halogens is 1. The summed E-state index contributed by atoms with van der Waals surface area (Å²) in [7, 11) is 1.70. The van der Waals surface area contributed by atoms with Crippen molar-refractivity contribution in [3.05, 3.63) is 34.7 Å². The number of benzene rings is 1. The minimum atomic E-state index is -0.317. The summed E-state index contributed by atoms with van der Waals surface area (Å²) in [5, 5.41) is 3.37. The lowest BCUT2D eigenvalue weighted by Gasteiger charge is -2.45. The number of hydrogen-bond donors (Lipinski definition) is 1. The molecule has 2 unspecified atom stereocenters. The fourth-order valence-corrected chi connectivity index (χ4v) is 4.94. The second-order valence-electron chi connectivity index (χ2n) is 9.20. The van der Waals surface area contributed by atoms with Crippen LogP contribution in [0.15, 0.2) is 22.6 Å². The van der Waals surface area contributed by atoms with Crippen molar-refractivity contribution in [3.8, 4) is 5.75 Å². The fraction of sp³-hybridized carbons (Fsp3) is 0.565. The third kappa shape index (κ3) is 4.01. The highest BCUT2D eigenvalue weighted by atomic mass is 35.5. The number of oxazole rings is 1. The quantitative estimate of drug-likeness (QED) is 0.674. The van der Waals surface area contributed by atoms with E-state index in [-0.39, 0.29) is 17.6 Å². The summed E-state index contributed by atoms with van der Waals surface area (Å²) in [6.45, 7) is 5.32. The van der Waals surface area contributed by atoms with E-state index in [0.29, 0.717) is 53.4 Å². The SMILES string of the molecule is CCc1oc(N2CC(C)(OC)C2)nc1C(=O)Nc1ccc(OC2CC3CC3C2)c(Cl)c1. The Morgan fingerprint density at radius 2 is 2.06 bits per heavy atom. The molecular formula is C23H28ClN3O4. The van der Waals surface area contributed by atoms with Crippen molar-refractivity contribution in [2.75, 3.05) is 30.4 Å². The minimum Gasteiger partial charge on any atom is -0.489 e. The lowest BCUT2D eigenvalue weighted by atomic mass is 9.97. The van der Waals surface area contributed by atoms with Gasteiger partial charge in [-0.15, -0.1) is 0 Å². The van der Waals surface area contributed by atoms with Gasteiger partial charge in [-0.1, -0.05) is 18.5 Å². The van der Waals surface area contributed by atoms with Gasteiger partial charge < -0.3 is 24.1 Å². The highest BCUT2D eigenvalue weighted by molar-refractivity contribution is 6.32. The average Bonchev–Trinajstić information content (AvgIpc) is 3.13. The molecule has 8 heteroatoms. The summed E-state index contributed by atoms with van der Waals surface area (Å²) in [5.41, 5.74) is 0.687. The highest BCUT2D eigenvalue weighted by Gasteiger charge is 2.47. The van der Waals surface area contributed by atoms with Crippen LogP contribution in [-0.4, -0.2) is 42.8 Å². The predicted octanol–water partition coefficient (Wildman–Crippen LogP) is 4.55. The number of nitrogens with one attached hydrogen (secondary N) is 1. The molecule has 1 N–H and O–H groups in total. The Morgan fingerprint density at radius 3 is 2.71 bits per heavy atom. The number of ether oxygens (including phenoxy) is 2. The van der Waals surface area contributed by atoms with Crippen molar-refractivity contribution < 1.29 is 18.7 Å². The molecule has 3 fully saturated rings. The van der Waals surface area contributed by atoms with Crippen LogP contribution < -0.4 is 15.0 Å². The lowest BCUT2D eigenvalue weighted by molar-refractivity contribution is -0.0191. The molecule has 1 aromatic carbocycles. The molecule has 7 nitrogen and oxygen atoms in total. The molecule has 2 saturated carbocycles. The predicted molar refractivity (Wildman–Crippen MR) is 118 cm³/mol. The molecule has 2 heterocycles. The summed E-state index contributed by atoms with van der Waals surface area (Å²) in [4.78, 5) is 19.3. The van der Waals surface area contributed by atoms with Crippen LogP contribution in [0.5, 0.6) is 5.75 Å². The molecule has 5 rings (SSSR count). The molecule has 31 heavy (non-hydrogen) atoms. The first-order valence-corrected chi connectivity index (χ1v) is 11.3. The number of aryl methyl sites for hydroxylation is 1. The van der Waals surface area contributed by atoms with Gasteiger partial charge in [0.2, 0.25) is 0 Å². The molecule has 1 aromatic heterocycles. The molecule has 166 valence electrons. The first kappa shape index (κ1) is 20.6. The zero-order valence-electron chi connectivity index (χ0n) is 18.1. The Kier molecular flexibility index (Phi) is 5.13. The number of amides is 1. The third-order valence-corrected chi connectivity index (χ3v) is 7.02. The number of rotatable bonds is 7. The van der Waals surface area contributed by atoms with Crippen LogP contribution in [0.3, 0.4) is 0 Å². The number of hydrogen-bond acceptors (Lipinski definition) is 6. The normalized spacial score (nSPS) is 25.7. The summed E-state index contributed by atoms with van der Waals surface area (Å²) in [6, 6.07) is 5.80. The van der Waals surface area contributed by atoms with Crippen molar-refractivity contribution in [2.24, 2.45) is 11.8 Å². The molecule has 2 aliphatic carbocycles. The van der Waals surface area contributed by atoms with E-state index < -0.39 is 0 Å². The topological polar surface area (TPSA) is 76.8 Å². The van der Waals surface area contributed by atoms with Gasteiger partial charge in [-0.25, -0.2) is 0 Å². The number of nitrogens with zero attached hydrogens (tertiary/aromatic N) is 2. The standard InChI is InChI=1S/C23H28ClN3O4/c1-4-18-20(26-22(31-18)27-11-23(2,12-27)29-3)21(28)25-15-5-6-19(17(24)10-15)30-16-8-13-7-14(13)9-16/h5-6,10,13-14,16H,4,7-9,11-12H2,1-3H3,(H,25,28). The van der Waals surface area contributed by atoms with Crippen LogP contribution in [0.1, 0.15) is 49.4 Å². The lowest BCUT2D eigenvalue weighted by Crippen LogP contribution is -2.61. The third-order valence-electron chi connectivity index (χ3n) is 6.72. The van der Waals surface area contributed by atoms with Crippen molar-refractivity contribution in [1.29, 1.82) is 0 Å². The molecule has 1 aliphatic heterocycles. The van der Waals surface area contributed by atoms with Crippen LogP contribution in [0.25, 0.3) is 0 Å². The molecule has 3 aliphatic rings. The molecule has 2 atom stereocenters. The maximum Gasteiger partial charge on any atom is 0.298 e. The summed E-state index contributed by atoms with van der Waals surface area (Å²) >= 11 is 6.43. The Morgan fingerprint density at radius 1 is 1.32 bits per heavy atom. The fourth-order valence-electron chi connectivity index (χ4n) is 4.72.